The highest BCUT2D eigenvalue weighted by atomic mass is 32.2. The lowest BCUT2D eigenvalue weighted by Gasteiger charge is -2.35. The van der Waals surface area contributed by atoms with Crippen LogP contribution in [0.15, 0.2) is 224 Å². The molecule has 0 radical (unpaired) electrons. The van der Waals surface area contributed by atoms with E-state index >= 15 is 0 Å². The molecule has 3 aliphatic carbocycles. The van der Waals surface area contributed by atoms with Crippen molar-refractivity contribution in [1.29, 1.82) is 0 Å². The number of carbonyl (C=O) groups excluding carboxylic acids is 4. The first kappa shape index (κ1) is 81.5. The molecule has 3 saturated heterocycles. The number of rotatable bonds is 11. The van der Waals surface area contributed by atoms with Crippen LogP contribution in [0.3, 0.4) is 0 Å². The van der Waals surface area contributed by atoms with Gasteiger partial charge in [0, 0.05) is 44.0 Å². The second-order valence-corrected chi connectivity index (χ2v) is 33.5. The quantitative estimate of drug-likeness (QED) is 0.0537. The van der Waals surface area contributed by atoms with Gasteiger partial charge in [-0.3, -0.25) is 9.45 Å². The Bertz CT molecular complexity index is 4610. The summed E-state index contributed by atoms with van der Waals surface area (Å²) >= 11 is 0. The molecule has 2 N–H and O–H groups in total. The summed E-state index contributed by atoms with van der Waals surface area (Å²) in [5, 5.41) is 8.52. The van der Waals surface area contributed by atoms with Gasteiger partial charge in [0.15, 0.2) is 0 Å². The molecule has 0 aromatic heterocycles. The maximum Gasteiger partial charge on any atom is 0.522 e. The van der Waals surface area contributed by atoms with Gasteiger partial charge in [0.25, 0.3) is 0 Å². The first-order chi connectivity index (χ1) is 53.2. The standard InChI is InChI=1S/2C30H31NO3.C22H23NO3.C8H10O.CHF3O3S.CH4/c2*1-30(2)17-27(28-21-10-4-3-9-20(21)15-16-33-28)31(19-30)29(32)34-18-26-24-13-7-5-11-22(24)23-12-6-8-14-25(23)26;1-22(2)11-15(12-24)23(14-22)21(25)26-13-20-18-9-5-3-7-16(18)17-8-4-6-10-19(17)20;9-7-6-8-4-2-1-3-5-8;2-1(3,4)8(5,6)7;/h2*3-14,26-28H,15-19H2,1-2H3;3-10,12,15,20H,11,13-14H2,1-2H3;1-5,9H,6-7H2;(H,5,6,7);1H4/t27-,28+;27-,28-;15-;;;/m111.../s1. The molecule has 8 aliphatic rings. The number of fused-ring (bicyclic) bond motifs is 11. The maximum absolute atomic E-state index is 13.5. The number of benzene rings is 9. The normalized spacial score (nSPS) is 20.3. The molecule has 20 heteroatoms. The molecule has 5 atom stereocenters. The van der Waals surface area contributed by atoms with Crippen molar-refractivity contribution in [3.8, 4) is 33.4 Å². The zero-order valence-electron chi connectivity index (χ0n) is 63.4. The van der Waals surface area contributed by atoms with Crippen molar-refractivity contribution in [3.63, 3.8) is 0 Å². The Hall–Kier alpha value is -9.96. The molecule has 112 heavy (non-hydrogen) atoms. The highest BCUT2D eigenvalue weighted by Crippen LogP contribution is 2.50. The Balaban J connectivity index is 0.000000141. The van der Waals surface area contributed by atoms with E-state index in [4.69, 9.17) is 41.8 Å². The van der Waals surface area contributed by atoms with Gasteiger partial charge in [-0.2, -0.15) is 21.6 Å². The van der Waals surface area contributed by atoms with Gasteiger partial charge in [-0.25, -0.2) is 14.4 Å². The van der Waals surface area contributed by atoms with Gasteiger partial charge in [0.1, 0.15) is 38.3 Å². The van der Waals surface area contributed by atoms with Crippen molar-refractivity contribution < 1.29 is 74.1 Å². The fourth-order valence-electron chi connectivity index (χ4n) is 17.5. The van der Waals surface area contributed by atoms with Gasteiger partial charge < -0.3 is 43.4 Å². The van der Waals surface area contributed by atoms with Gasteiger partial charge in [-0.05, 0) is 149 Å². The Labute approximate surface area is 655 Å². The summed E-state index contributed by atoms with van der Waals surface area (Å²) in [6, 6.07) is 76.8. The van der Waals surface area contributed by atoms with Crippen LogP contribution in [0, 0.1) is 16.2 Å². The van der Waals surface area contributed by atoms with Crippen LogP contribution in [0.25, 0.3) is 33.4 Å². The van der Waals surface area contributed by atoms with Gasteiger partial charge in [0.05, 0.1) is 31.3 Å². The van der Waals surface area contributed by atoms with E-state index in [-0.39, 0.29) is 97.2 Å². The van der Waals surface area contributed by atoms with Crippen LogP contribution in [0.4, 0.5) is 27.6 Å². The molecule has 16 nitrogen and oxygen atoms in total. The maximum atomic E-state index is 13.5. The molecular formula is C92H100F3N3O13S. The van der Waals surface area contributed by atoms with E-state index in [2.05, 4.69) is 211 Å². The minimum absolute atomic E-state index is 0. The molecule has 9 aromatic rings. The molecule has 3 amide bonds. The molecule has 3 fully saturated rings. The lowest BCUT2D eigenvalue weighted by atomic mass is 9.86. The van der Waals surface area contributed by atoms with E-state index in [0.29, 0.717) is 52.5 Å². The fourth-order valence-corrected chi connectivity index (χ4v) is 17.5. The third-order valence-electron chi connectivity index (χ3n) is 22.4. The van der Waals surface area contributed by atoms with Crippen LogP contribution in [-0.4, -0.2) is 140 Å². The fraction of sp³-hybridized carbons (Fsp3) is 0.370. The van der Waals surface area contributed by atoms with Crippen LogP contribution in [0.2, 0.25) is 0 Å². The Morgan fingerprint density at radius 2 is 0.723 bits per heavy atom. The van der Waals surface area contributed by atoms with Crippen molar-refractivity contribution in [2.75, 3.05) is 59.3 Å². The summed E-state index contributed by atoms with van der Waals surface area (Å²) < 4.78 is 87.9. The number of aliphatic hydroxyl groups excluding tert-OH is 1. The van der Waals surface area contributed by atoms with Crippen LogP contribution in [0.5, 0.6) is 0 Å². The highest BCUT2D eigenvalue weighted by molar-refractivity contribution is 7.86. The van der Waals surface area contributed by atoms with Crippen molar-refractivity contribution >= 4 is 34.7 Å². The van der Waals surface area contributed by atoms with Crippen molar-refractivity contribution in [3.05, 3.63) is 286 Å². The number of amides is 3. The third-order valence-corrected chi connectivity index (χ3v) is 23.0. The average molecular weight is 1540 g/mol. The van der Waals surface area contributed by atoms with Crippen LogP contribution >= 0.6 is 0 Å². The average Bonchev–Trinajstić information content (AvgIpc) is 1.63. The van der Waals surface area contributed by atoms with E-state index in [9.17, 15) is 32.3 Å². The molecule has 0 unspecified atom stereocenters. The SMILES string of the molecule is C.CC1(C)C[C@H](C=O)N(C(=O)OCC2c3ccccc3-c3ccccc32)C1.CC1(C)C[C@H]([C@@H]2OCCc3ccccc32)N(C(=O)OCC2c3ccccc3-c3ccccc32)C1.CC1(C)C[C@H]([C@H]2OCCc3ccccc32)N(C(=O)OCC2c3ccccc3-c3ccccc32)C1.O=S(=O)(O)C(F)(F)F.OCCc1ccccc1. The predicted octanol–water partition coefficient (Wildman–Crippen LogP) is 19.2. The van der Waals surface area contributed by atoms with Crippen molar-refractivity contribution in [2.45, 2.75) is 141 Å². The Kier molecular flexibility index (Phi) is 25.2. The summed E-state index contributed by atoms with van der Waals surface area (Å²) in [7, 11) is -5.84. The summed E-state index contributed by atoms with van der Waals surface area (Å²) in [4.78, 5) is 56.5. The van der Waals surface area contributed by atoms with E-state index < -0.39 is 21.7 Å². The number of carbonyl (C=O) groups is 4. The summed E-state index contributed by atoms with van der Waals surface area (Å²) in [6.07, 6.45) is 4.88. The van der Waals surface area contributed by atoms with Crippen molar-refractivity contribution in [1.82, 2.24) is 14.7 Å². The molecular weight excluding hydrogens is 1440 g/mol. The van der Waals surface area contributed by atoms with Gasteiger partial charge >= 0.3 is 33.9 Å². The summed E-state index contributed by atoms with van der Waals surface area (Å²) in [6.45, 7) is 17.6. The topological polar surface area (TPSA) is 199 Å². The van der Waals surface area contributed by atoms with E-state index in [1.807, 2.05) is 64.4 Å². The Morgan fingerprint density at radius 1 is 0.446 bits per heavy atom. The minimum atomic E-state index is -5.84. The van der Waals surface area contributed by atoms with E-state index in [1.54, 1.807) is 4.90 Å². The molecule has 17 rings (SSSR count). The number of halogens is 3. The number of hydrogen-bond donors (Lipinski definition) is 2. The second-order valence-electron chi connectivity index (χ2n) is 32.1. The predicted molar refractivity (Wildman–Crippen MR) is 427 cm³/mol. The third kappa shape index (κ3) is 18.1. The van der Waals surface area contributed by atoms with Gasteiger partial charge in [0.2, 0.25) is 0 Å². The number of aliphatic hydroxyl groups is 1. The zero-order valence-corrected chi connectivity index (χ0v) is 64.3. The summed E-state index contributed by atoms with van der Waals surface area (Å²) in [5.74, 6) is 0.172. The molecule has 5 aliphatic heterocycles. The van der Waals surface area contributed by atoms with E-state index in [0.717, 1.165) is 38.4 Å². The molecule has 9 aromatic carbocycles. The first-order valence-electron chi connectivity index (χ1n) is 38.1. The number of ether oxygens (including phenoxy) is 5. The van der Waals surface area contributed by atoms with Crippen LogP contribution in [0.1, 0.15) is 159 Å². The minimum Gasteiger partial charge on any atom is -0.448 e. The van der Waals surface area contributed by atoms with E-state index in [1.165, 1.54) is 94.6 Å². The first-order valence-corrected chi connectivity index (χ1v) is 39.5. The number of aldehydes is 1. The number of nitrogens with zero attached hydrogens (tertiary/aromatic N) is 3. The second kappa shape index (κ2) is 34.6. The van der Waals surface area contributed by atoms with Gasteiger partial charge in [-0.15, -0.1) is 0 Å². The molecule has 588 valence electrons. The largest absolute Gasteiger partial charge is 0.522 e. The molecule has 0 bridgehead atoms. The van der Waals surface area contributed by atoms with Crippen molar-refractivity contribution in [2.24, 2.45) is 16.2 Å². The van der Waals surface area contributed by atoms with Crippen LogP contribution in [-0.2, 0) is 57.9 Å². The highest BCUT2D eigenvalue weighted by Gasteiger charge is 2.50. The zero-order chi connectivity index (χ0) is 78.4. The Morgan fingerprint density at radius 3 is 1.04 bits per heavy atom. The van der Waals surface area contributed by atoms with Gasteiger partial charge in [-0.1, -0.05) is 273 Å². The lowest BCUT2D eigenvalue weighted by Crippen LogP contribution is -2.42. The van der Waals surface area contributed by atoms with Crippen LogP contribution < -0.4 is 0 Å². The monoisotopic (exact) mass is 1540 g/mol. The lowest BCUT2D eigenvalue weighted by molar-refractivity contribution is -0.111. The molecule has 0 spiro atoms. The number of hydrogen-bond acceptors (Lipinski definition) is 12. The summed E-state index contributed by atoms with van der Waals surface area (Å²) in [5.41, 5.74) is 15.4. The molecule has 0 saturated carbocycles. The molecule has 5 heterocycles. The number of likely N-dealkylation sites (tertiary alicyclic amines) is 3. The number of alkyl halides is 3. The smallest absolute Gasteiger partial charge is 0.448 e.